The van der Waals surface area contributed by atoms with E-state index in [-0.39, 0.29) is 22.6 Å². The fourth-order valence-electron chi connectivity index (χ4n) is 6.62. The number of thioether (sulfide) groups is 1. The van der Waals surface area contributed by atoms with Crippen molar-refractivity contribution < 1.29 is 13.5 Å². The molecule has 0 spiro atoms. The van der Waals surface area contributed by atoms with Crippen molar-refractivity contribution in [2.75, 3.05) is 18.6 Å². The number of nitrogens with two attached hydrogens (primary N) is 1. The summed E-state index contributed by atoms with van der Waals surface area (Å²) in [6.07, 6.45) is 5.29. The van der Waals surface area contributed by atoms with Crippen LogP contribution >= 0.6 is 53.8 Å². The van der Waals surface area contributed by atoms with Crippen molar-refractivity contribution in [3.63, 3.8) is 0 Å². The van der Waals surface area contributed by atoms with E-state index in [0.29, 0.717) is 28.7 Å². The van der Waals surface area contributed by atoms with E-state index in [9.17, 15) is 0 Å². The van der Waals surface area contributed by atoms with Gasteiger partial charge in [-0.3, -0.25) is 8.96 Å². The number of aliphatic imine (C=N–C) groups is 2. The first-order chi connectivity index (χ1) is 25.0. The van der Waals surface area contributed by atoms with E-state index < -0.39 is 11.2 Å². The maximum Gasteiger partial charge on any atom is 0.159 e. The molecule has 0 radical (unpaired) electrons. The number of benzene rings is 4. The number of aryl methyl sites for hydroxylation is 1. The van der Waals surface area contributed by atoms with Crippen molar-refractivity contribution in [1.82, 2.24) is 3.97 Å². The highest BCUT2D eigenvalue weighted by molar-refractivity contribution is 14.2. The van der Waals surface area contributed by atoms with Gasteiger partial charge in [-0.25, -0.2) is 13.8 Å². The fraction of sp³-hybridized carbons (Fsp3) is 0.317. The zero-order valence-corrected chi connectivity index (χ0v) is 34.4. The molecule has 1 aromatic heterocycles. The Hall–Kier alpha value is -3.00. The van der Waals surface area contributed by atoms with Gasteiger partial charge in [0.25, 0.3) is 0 Å². The quantitative estimate of drug-likeness (QED) is 0.178. The maximum absolute atomic E-state index is 16.1. The molecule has 0 fully saturated rings. The summed E-state index contributed by atoms with van der Waals surface area (Å²) >= 11 is 5.43. The predicted octanol–water partition coefficient (Wildman–Crippen LogP) is 11.7. The molecule has 4 aromatic carbocycles. The standard InChI is InChI=1S/C41H43F2IN4OS3/c1-40(2)18-9-19-41(3,28-12-8-13-29(22-28)49-25-27-10-6-5-7-11-27)39(45)47-38(46-4)33-23-30(14-15-34(33)42)51-37-32(17-21-50-26-40)31-16-20-48(52-44)36(31)24-35(37)43/h5-8,10-16,20,22-24H,9,17-19,21,25-26H2,1-4H3,(H2,45,46,47). The van der Waals surface area contributed by atoms with E-state index in [4.69, 9.17) is 15.5 Å². The Morgan fingerprint density at radius 1 is 0.981 bits per heavy atom. The Bertz CT molecular complexity index is 2100. The molecule has 0 saturated carbocycles. The molecule has 1 unspecified atom stereocenters. The molecule has 272 valence electrons. The summed E-state index contributed by atoms with van der Waals surface area (Å²) in [4.78, 5) is 10.5. The van der Waals surface area contributed by atoms with E-state index in [1.165, 1.54) is 26.9 Å². The summed E-state index contributed by atoms with van der Waals surface area (Å²) in [7, 11) is 3.10. The molecule has 5 aromatic rings. The van der Waals surface area contributed by atoms with Crippen LogP contribution in [0.4, 0.5) is 8.78 Å². The summed E-state index contributed by atoms with van der Waals surface area (Å²) in [5, 5.41) is 1.03. The van der Waals surface area contributed by atoms with Crippen molar-refractivity contribution in [3.8, 4) is 5.75 Å². The smallest absolute Gasteiger partial charge is 0.159 e. The van der Waals surface area contributed by atoms with Gasteiger partial charge in [0.1, 0.15) is 29.8 Å². The van der Waals surface area contributed by atoms with Crippen molar-refractivity contribution in [1.29, 1.82) is 0 Å². The number of amidine groups is 2. The Labute approximate surface area is 330 Å². The van der Waals surface area contributed by atoms with E-state index in [2.05, 4.69) is 59.1 Å². The van der Waals surface area contributed by atoms with Gasteiger partial charge >= 0.3 is 0 Å². The Morgan fingerprint density at radius 3 is 2.56 bits per heavy atom. The van der Waals surface area contributed by atoms with Crippen LogP contribution in [0.2, 0.25) is 0 Å². The van der Waals surface area contributed by atoms with Crippen LogP contribution in [0, 0.1) is 17.0 Å². The van der Waals surface area contributed by atoms with Crippen molar-refractivity contribution in [2.24, 2.45) is 21.1 Å². The molecule has 11 heteroatoms. The molecular formula is C41H43F2IN4OS3. The molecule has 0 saturated heterocycles. The second-order valence-electron chi connectivity index (χ2n) is 14.1. The number of aromatic nitrogens is 1. The summed E-state index contributed by atoms with van der Waals surface area (Å²) in [5.74, 6) is 2.32. The summed E-state index contributed by atoms with van der Waals surface area (Å²) in [5.41, 5.74) is 10.4. The van der Waals surface area contributed by atoms with Crippen LogP contribution in [0.15, 0.2) is 111 Å². The van der Waals surface area contributed by atoms with E-state index in [1.807, 2.05) is 70.5 Å². The minimum absolute atomic E-state index is 0.0518. The molecule has 1 aliphatic rings. The monoisotopic (exact) mass is 868 g/mol. The summed E-state index contributed by atoms with van der Waals surface area (Å²) in [6, 6.07) is 26.5. The van der Waals surface area contributed by atoms with E-state index in [0.717, 1.165) is 64.1 Å². The average molecular weight is 869 g/mol. The molecule has 0 amide bonds. The highest BCUT2D eigenvalue weighted by atomic mass is 127. The molecule has 1 atom stereocenters. The Kier molecular flexibility index (Phi) is 12.6. The first kappa shape index (κ1) is 38.7. The molecule has 1 aliphatic heterocycles. The molecular weight excluding hydrogens is 826 g/mol. The van der Waals surface area contributed by atoms with E-state index >= 15 is 8.78 Å². The Morgan fingerprint density at radius 2 is 1.79 bits per heavy atom. The lowest BCUT2D eigenvalue weighted by molar-refractivity contribution is 0.305. The Balaban J connectivity index is 1.41. The first-order valence-electron chi connectivity index (χ1n) is 17.3. The second kappa shape index (κ2) is 17.0. The van der Waals surface area contributed by atoms with E-state index in [1.54, 1.807) is 25.2 Å². The minimum atomic E-state index is -0.695. The second-order valence-corrected chi connectivity index (χ2v) is 18.0. The third kappa shape index (κ3) is 8.85. The van der Waals surface area contributed by atoms with Crippen LogP contribution in [-0.4, -0.2) is 34.2 Å². The van der Waals surface area contributed by atoms with Gasteiger partial charge in [-0.15, -0.1) is 0 Å². The third-order valence-electron chi connectivity index (χ3n) is 9.69. The van der Waals surface area contributed by atoms with Gasteiger partial charge in [0.2, 0.25) is 0 Å². The number of halogens is 3. The van der Waals surface area contributed by atoms with Crippen molar-refractivity contribution >= 4 is 76.4 Å². The highest BCUT2D eigenvalue weighted by Gasteiger charge is 2.33. The third-order valence-corrected chi connectivity index (χ3v) is 14.0. The molecule has 5 nitrogen and oxygen atoms in total. The van der Waals surface area contributed by atoms with Gasteiger partial charge in [-0.2, -0.15) is 11.8 Å². The number of fused-ring (bicyclic) bond motifs is 5. The topological polar surface area (TPSA) is 64.9 Å². The van der Waals surface area contributed by atoms with Crippen LogP contribution in [0.1, 0.15) is 62.3 Å². The molecule has 2 N–H and O–H groups in total. The van der Waals surface area contributed by atoms with Gasteiger partial charge in [0.05, 0.1) is 21.4 Å². The van der Waals surface area contributed by atoms with Crippen LogP contribution in [-0.2, 0) is 18.4 Å². The normalized spacial score (nSPS) is 19.4. The van der Waals surface area contributed by atoms with Crippen LogP contribution in [0.5, 0.6) is 5.75 Å². The summed E-state index contributed by atoms with van der Waals surface area (Å²) < 4.78 is 39.9. The lowest BCUT2D eigenvalue weighted by Gasteiger charge is -2.32. The lowest BCUT2D eigenvalue weighted by Crippen LogP contribution is -2.40. The number of hydrogen-bond acceptors (Lipinski definition) is 6. The van der Waals surface area contributed by atoms with Gasteiger partial charge in [-0.1, -0.05) is 74.5 Å². The largest absolute Gasteiger partial charge is 0.489 e. The number of nitrogens with zero attached hydrogens (tertiary/aromatic N) is 3. The average Bonchev–Trinajstić information content (AvgIpc) is 3.55. The van der Waals surface area contributed by atoms with Crippen molar-refractivity contribution in [2.45, 2.75) is 68.3 Å². The van der Waals surface area contributed by atoms with Gasteiger partial charge < -0.3 is 10.5 Å². The van der Waals surface area contributed by atoms with Gasteiger partial charge in [0.15, 0.2) is 5.84 Å². The van der Waals surface area contributed by atoms with Crippen LogP contribution < -0.4 is 10.5 Å². The van der Waals surface area contributed by atoms with Crippen molar-refractivity contribution in [3.05, 3.63) is 125 Å². The first-order valence-corrected chi connectivity index (χ1v) is 22.6. The molecule has 2 bridgehead atoms. The highest BCUT2D eigenvalue weighted by Crippen LogP contribution is 2.41. The van der Waals surface area contributed by atoms with Gasteiger partial charge in [-0.05, 0) is 96.2 Å². The predicted molar refractivity (Wildman–Crippen MR) is 227 cm³/mol. The number of rotatable bonds is 5. The van der Waals surface area contributed by atoms with Crippen LogP contribution in [0.3, 0.4) is 0 Å². The fourth-order valence-corrected chi connectivity index (χ4v) is 10.2. The lowest BCUT2D eigenvalue weighted by atomic mass is 9.75. The molecule has 6 rings (SSSR count). The van der Waals surface area contributed by atoms with Crippen LogP contribution in [0.25, 0.3) is 10.9 Å². The zero-order chi connectivity index (χ0) is 36.9. The SMILES string of the molecule is CN=C1N=C(N)C(C)(c2cccc(OCc3ccccc3)c2)CCCC(C)(C)CSCCc2c(c(F)cc3c2ccn3SI)Sc2ccc(F)c1c2. The molecule has 0 aliphatic carbocycles. The minimum Gasteiger partial charge on any atom is -0.489 e. The summed E-state index contributed by atoms with van der Waals surface area (Å²) in [6.45, 7) is 7.16. The zero-order valence-electron chi connectivity index (χ0n) is 29.8. The number of ether oxygens (including phenoxy) is 1. The number of hydrogen-bond donors (Lipinski definition) is 1. The van der Waals surface area contributed by atoms with Gasteiger partial charge in [0, 0.05) is 59.9 Å². The maximum atomic E-state index is 16.1. The molecule has 2 heterocycles. The molecule has 52 heavy (non-hydrogen) atoms.